The minimum atomic E-state index is -5.08. The van der Waals surface area contributed by atoms with Gasteiger partial charge in [-0.15, -0.1) is 0 Å². The van der Waals surface area contributed by atoms with E-state index in [1.165, 1.54) is 13.4 Å². The quantitative estimate of drug-likeness (QED) is 0.335. The molecule has 0 aliphatic carbocycles. The first kappa shape index (κ1) is 28.3. The number of nitriles is 1. The number of fused-ring (bicyclic) bond motifs is 1. The number of benzene rings is 1. The van der Waals surface area contributed by atoms with Crippen LogP contribution >= 0.6 is 0 Å². The Morgan fingerprint density at radius 1 is 1.29 bits per heavy atom. The Labute approximate surface area is 214 Å². The van der Waals surface area contributed by atoms with Gasteiger partial charge in [-0.05, 0) is 23.8 Å². The van der Waals surface area contributed by atoms with Crippen LogP contribution in [0, 0.1) is 11.3 Å². The Kier molecular flexibility index (Phi) is 8.81. The number of methoxy groups -OCH3 is 1. The molecule has 1 aromatic carbocycles. The Morgan fingerprint density at radius 3 is 2.68 bits per heavy atom. The molecular weight excluding hydrogens is 529 g/mol. The molecule has 0 spiro atoms. The number of nitrogens with zero attached hydrogens (tertiary/aromatic N) is 5. The maximum Gasteiger partial charge on any atom is 0.490 e. The molecule has 0 saturated carbocycles. The van der Waals surface area contributed by atoms with E-state index in [1.807, 2.05) is 12.3 Å². The van der Waals surface area contributed by atoms with Crippen molar-refractivity contribution in [1.29, 1.82) is 5.26 Å². The van der Waals surface area contributed by atoms with E-state index in [4.69, 9.17) is 14.6 Å². The molecule has 0 aliphatic rings. The van der Waals surface area contributed by atoms with Crippen molar-refractivity contribution in [1.82, 2.24) is 24.7 Å². The van der Waals surface area contributed by atoms with E-state index in [0.29, 0.717) is 5.56 Å². The minimum absolute atomic E-state index is 0.109. The van der Waals surface area contributed by atoms with Gasteiger partial charge in [0.15, 0.2) is 9.84 Å². The van der Waals surface area contributed by atoms with Gasteiger partial charge in [0.2, 0.25) is 0 Å². The summed E-state index contributed by atoms with van der Waals surface area (Å²) in [4.78, 5) is 20.7. The van der Waals surface area contributed by atoms with E-state index in [0.717, 1.165) is 22.3 Å². The van der Waals surface area contributed by atoms with Crippen LogP contribution in [0.3, 0.4) is 0 Å². The molecule has 0 saturated heterocycles. The first-order chi connectivity index (χ1) is 18.0. The molecule has 3 aromatic heterocycles. The van der Waals surface area contributed by atoms with Crippen LogP contribution in [0.25, 0.3) is 22.3 Å². The van der Waals surface area contributed by atoms with Gasteiger partial charge in [0, 0.05) is 30.5 Å². The molecule has 4 rings (SSSR count). The molecule has 0 aliphatic heterocycles. The van der Waals surface area contributed by atoms with Crippen LogP contribution in [0.5, 0.6) is 0 Å². The fourth-order valence-electron chi connectivity index (χ4n) is 3.41. The van der Waals surface area contributed by atoms with Crippen LogP contribution in [0.2, 0.25) is 0 Å². The molecule has 0 bridgehead atoms. The number of sulfone groups is 1. The fraction of sp³-hybridized carbons (Fsp3) is 0.261. The number of carboxylic acid groups (broad SMARTS) is 1. The summed E-state index contributed by atoms with van der Waals surface area (Å²) in [5, 5.41) is 21.8. The molecule has 3 heterocycles. The van der Waals surface area contributed by atoms with Crippen molar-refractivity contribution in [3.63, 3.8) is 0 Å². The van der Waals surface area contributed by atoms with E-state index >= 15 is 0 Å². The van der Waals surface area contributed by atoms with E-state index in [-0.39, 0.29) is 23.7 Å². The van der Waals surface area contributed by atoms with E-state index in [9.17, 15) is 26.9 Å². The zero-order chi connectivity index (χ0) is 27.9. The number of nitrogens with one attached hydrogen (secondary N) is 1. The molecular formula is C23H21F3N6O5S. The standard InChI is InChI=1S/C21H20N6O3S.C2HF3O2/c1-30-9-10-31(28,29)17-4-2-3-15(11-17)19(5-7-22)27-13-16(12-26-27)20-18-6-8-23-21(18)25-14-24-20;3-2(4,5)1(6)7/h2-4,6,8,11-14,19H,5,9-10H2,1H3,(H,23,24,25);(H,6,7). The number of aromatic nitrogens is 5. The van der Waals surface area contributed by atoms with Crippen LogP contribution in [0.1, 0.15) is 18.0 Å². The highest BCUT2D eigenvalue weighted by atomic mass is 32.2. The highest BCUT2D eigenvalue weighted by Gasteiger charge is 2.38. The number of alkyl halides is 3. The van der Waals surface area contributed by atoms with Crippen LogP contribution in [-0.4, -0.2) is 69.9 Å². The molecule has 0 fully saturated rings. The second kappa shape index (κ2) is 11.8. The maximum absolute atomic E-state index is 12.6. The van der Waals surface area contributed by atoms with Gasteiger partial charge in [-0.25, -0.2) is 23.2 Å². The van der Waals surface area contributed by atoms with E-state index < -0.39 is 28.0 Å². The third-order valence-corrected chi connectivity index (χ3v) is 6.91. The van der Waals surface area contributed by atoms with E-state index in [1.54, 1.807) is 41.3 Å². The molecule has 200 valence electrons. The van der Waals surface area contributed by atoms with Crippen molar-refractivity contribution >= 4 is 26.8 Å². The fourth-order valence-corrected chi connectivity index (χ4v) is 4.63. The van der Waals surface area contributed by atoms with Crippen LogP contribution in [-0.2, 0) is 19.4 Å². The molecule has 4 aromatic rings. The second-order valence-corrected chi connectivity index (χ2v) is 9.85. The smallest absolute Gasteiger partial charge is 0.475 e. The molecule has 11 nitrogen and oxygen atoms in total. The Morgan fingerprint density at radius 2 is 2.03 bits per heavy atom. The average molecular weight is 551 g/mol. The summed E-state index contributed by atoms with van der Waals surface area (Å²) in [6.45, 7) is 0.114. The summed E-state index contributed by atoms with van der Waals surface area (Å²) in [6.07, 6.45) is 1.81. The first-order valence-corrected chi connectivity index (χ1v) is 12.4. The van der Waals surface area contributed by atoms with Gasteiger partial charge in [0.25, 0.3) is 0 Å². The van der Waals surface area contributed by atoms with Crippen molar-refractivity contribution in [3.8, 4) is 17.3 Å². The molecule has 0 radical (unpaired) electrons. The number of aromatic amines is 1. The number of rotatable bonds is 8. The third kappa shape index (κ3) is 6.72. The highest BCUT2D eigenvalue weighted by molar-refractivity contribution is 7.91. The number of aliphatic carboxylic acids is 1. The maximum atomic E-state index is 12.6. The summed E-state index contributed by atoms with van der Waals surface area (Å²) < 4.78 is 63.4. The summed E-state index contributed by atoms with van der Waals surface area (Å²) in [5.74, 6) is -2.87. The number of halogens is 3. The first-order valence-electron chi connectivity index (χ1n) is 10.8. The molecule has 15 heteroatoms. The van der Waals surface area contributed by atoms with Crippen molar-refractivity contribution in [2.75, 3.05) is 19.5 Å². The number of carboxylic acids is 1. The second-order valence-electron chi connectivity index (χ2n) is 7.74. The van der Waals surface area contributed by atoms with Gasteiger partial charge in [0.1, 0.15) is 12.0 Å². The Bertz CT molecular complexity index is 1560. The summed E-state index contributed by atoms with van der Waals surface area (Å²) in [7, 11) is -2.03. The predicted octanol–water partition coefficient (Wildman–Crippen LogP) is 3.38. The summed E-state index contributed by atoms with van der Waals surface area (Å²) >= 11 is 0. The van der Waals surface area contributed by atoms with Crippen molar-refractivity contribution < 1.29 is 36.2 Å². The lowest BCUT2D eigenvalue weighted by Gasteiger charge is -2.16. The van der Waals surface area contributed by atoms with Gasteiger partial charge in [-0.1, -0.05) is 12.1 Å². The normalized spacial score (nSPS) is 12.4. The van der Waals surface area contributed by atoms with Gasteiger partial charge >= 0.3 is 12.1 Å². The number of ether oxygens (including phenoxy) is 1. The van der Waals surface area contributed by atoms with Crippen LogP contribution in [0.4, 0.5) is 13.2 Å². The van der Waals surface area contributed by atoms with Crippen molar-refractivity contribution in [2.45, 2.75) is 23.5 Å². The Hall–Kier alpha value is -4.29. The largest absolute Gasteiger partial charge is 0.490 e. The third-order valence-electron chi connectivity index (χ3n) is 5.23. The molecule has 1 unspecified atom stereocenters. The zero-order valence-corrected chi connectivity index (χ0v) is 20.6. The SMILES string of the molecule is COCCS(=O)(=O)c1cccc(C(CC#N)n2cc(-c3ncnc4[nH]ccc34)cn2)c1.O=C(O)C(F)(F)F. The lowest BCUT2D eigenvalue weighted by Crippen LogP contribution is -2.21. The van der Waals surface area contributed by atoms with Gasteiger partial charge in [-0.2, -0.15) is 23.5 Å². The summed E-state index contributed by atoms with van der Waals surface area (Å²) in [5.41, 5.74) is 2.91. The van der Waals surface area contributed by atoms with Gasteiger partial charge in [-0.3, -0.25) is 4.68 Å². The number of hydrogen-bond donors (Lipinski definition) is 2. The zero-order valence-electron chi connectivity index (χ0n) is 19.8. The number of hydrogen-bond acceptors (Lipinski definition) is 8. The molecule has 2 N–H and O–H groups in total. The lowest BCUT2D eigenvalue weighted by molar-refractivity contribution is -0.192. The average Bonchev–Trinajstić information content (AvgIpc) is 3.56. The topological polar surface area (TPSA) is 164 Å². The van der Waals surface area contributed by atoms with Gasteiger partial charge < -0.3 is 14.8 Å². The van der Waals surface area contributed by atoms with Gasteiger partial charge in [0.05, 0.1) is 47.7 Å². The monoisotopic (exact) mass is 550 g/mol. The van der Waals surface area contributed by atoms with Crippen molar-refractivity contribution in [2.24, 2.45) is 0 Å². The lowest BCUT2D eigenvalue weighted by atomic mass is 10.0. The van der Waals surface area contributed by atoms with Crippen LogP contribution in [0.15, 0.2) is 60.1 Å². The van der Waals surface area contributed by atoms with Crippen molar-refractivity contribution in [3.05, 3.63) is 60.8 Å². The Balaban J connectivity index is 0.000000505. The predicted molar refractivity (Wildman–Crippen MR) is 128 cm³/mol. The minimum Gasteiger partial charge on any atom is -0.475 e. The number of H-pyrrole nitrogens is 1. The molecule has 0 amide bonds. The number of carbonyl (C=O) groups is 1. The van der Waals surface area contributed by atoms with Crippen LogP contribution < -0.4 is 0 Å². The molecule has 1 atom stereocenters. The highest BCUT2D eigenvalue weighted by Crippen LogP contribution is 2.28. The van der Waals surface area contributed by atoms with E-state index in [2.05, 4.69) is 26.1 Å². The summed E-state index contributed by atoms with van der Waals surface area (Å²) in [6, 6.07) is 10.2. The molecule has 38 heavy (non-hydrogen) atoms.